The molecule has 0 atom stereocenters. The lowest BCUT2D eigenvalue weighted by molar-refractivity contribution is 0.199. The van der Waals surface area contributed by atoms with Gasteiger partial charge < -0.3 is 14.8 Å². The summed E-state index contributed by atoms with van der Waals surface area (Å²) in [5.74, 6) is 0.758. The highest BCUT2D eigenvalue weighted by Crippen LogP contribution is 2.25. The molecule has 0 bridgehead atoms. The molecule has 1 aromatic carbocycles. The van der Waals surface area contributed by atoms with Gasteiger partial charge in [0.05, 0.1) is 18.2 Å². The fourth-order valence-electron chi connectivity index (χ4n) is 1.39. The molecule has 96 valence electrons. The third-order valence-corrected chi connectivity index (χ3v) is 2.57. The Bertz CT molecular complexity index is 331. The van der Waals surface area contributed by atoms with Crippen molar-refractivity contribution in [3.8, 4) is 5.75 Å². The van der Waals surface area contributed by atoms with Crippen molar-refractivity contribution in [3.63, 3.8) is 0 Å². The Morgan fingerprint density at radius 3 is 2.76 bits per heavy atom. The lowest BCUT2D eigenvalue weighted by Gasteiger charge is -2.09. The highest BCUT2D eigenvalue weighted by atomic mass is 35.5. The fraction of sp³-hybridized carbons (Fsp3) is 0.538. The summed E-state index contributed by atoms with van der Waals surface area (Å²) in [6.45, 7) is 5.11. The molecular formula is C13H20ClNO2. The predicted molar refractivity (Wildman–Crippen MR) is 70.8 cm³/mol. The molecule has 17 heavy (non-hydrogen) atoms. The number of rotatable bonds is 8. The molecule has 0 fully saturated rings. The van der Waals surface area contributed by atoms with Crippen LogP contribution in [0.2, 0.25) is 5.02 Å². The molecule has 1 rings (SSSR count). The second kappa shape index (κ2) is 8.34. The number of benzene rings is 1. The SMILES string of the molecule is CCCOc1ccc(CNCCOC)cc1Cl. The number of hydrogen-bond acceptors (Lipinski definition) is 3. The zero-order chi connectivity index (χ0) is 12.5. The second-order valence-electron chi connectivity index (χ2n) is 3.78. The van der Waals surface area contributed by atoms with Gasteiger partial charge in [-0.15, -0.1) is 0 Å². The quantitative estimate of drug-likeness (QED) is 0.727. The standard InChI is InChI=1S/C13H20ClNO2/c1-3-7-17-13-5-4-11(9-12(13)14)10-15-6-8-16-2/h4-5,9,15H,3,6-8,10H2,1-2H3. The van der Waals surface area contributed by atoms with Gasteiger partial charge in [-0.1, -0.05) is 24.6 Å². The normalized spacial score (nSPS) is 10.5. The Morgan fingerprint density at radius 1 is 1.29 bits per heavy atom. The van der Waals surface area contributed by atoms with E-state index in [0.717, 1.165) is 30.8 Å². The fourth-order valence-corrected chi connectivity index (χ4v) is 1.65. The molecule has 0 aliphatic heterocycles. The maximum Gasteiger partial charge on any atom is 0.137 e. The van der Waals surface area contributed by atoms with Crippen molar-refractivity contribution in [3.05, 3.63) is 28.8 Å². The van der Waals surface area contributed by atoms with E-state index < -0.39 is 0 Å². The van der Waals surface area contributed by atoms with Crippen LogP contribution in [0.15, 0.2) is 18.2 Å². The third-order valence-electron chi connectivity index (χ3n) is 2.27. The molecule has 4 heteroatoms. The lowest BCUT2D eigenvalue weighted by Crippen LogP contribution is -2.18. The first-order chi connectivity index (χ1) is 8.27. The van der Waals surface area contributed by atoms with Gasteiger partial charge in [0.2, 0.25) is 0 Å². The van der Waals surface area contributed by atoms with Gasteiger partial charge in [0, 0.05) is 20.2 Å². The topological polar surface area (TPSA) is 30.5 Å². The maximum absolute atomic E-state index is 6.13. The highest BCUT2D eigenvalue weighted by Gasteiger charge is 2.02. The van der Waals surface area contributed by atoms with Crippen LogP contribution in [0, 0.1) is 0 Å². The Kier molecular flexibility index (Phi) is 7.01. The molecule has 0 aliphatic carbocycles. The zero-order valence-electron chi connectivity index (χ0n) is 10.5. The molecule has 3 nitrogen and oxygen atoms in total. The Labute approximate surface area is 108 Å². The summed E-state index contributed by atoms with van der Waals surface area (Å²) in [5, 5.41) is 3.94. The average Bonchev–Trinajstić information content (AvgIpc) is 2.34. The monoisotopic (exact) mass is 257 g/mol. The molecule has 0 spiro atoms. The van der Waals surface area contributed by atoms with Crippen molar-refractivity contribution in [1.29, 1.82) is 0 Å². The molecule has 0 radical (unpaired) electrons. The van der Waals surface area contributed by atoms with E-state index in [2.05, 4.69) is 12.2 Å². The summed E-state index contributed by atoms with van der Waals surface area (Å²) in [4.78, 5) is 0. The van der Waals surface area contributed by atoms with Gasteiger partial charge in [0.15, 0.2) is 0 Å². The van der Waals surface area contributed by atoms with E-state index in [4.69, 9.17) is 21.1 Å². The van der Waals surface area contributed by atoms with Crippen LogP contribution in [0.5, 0.6) is 5.75 Å². The van der Waals surface area contributed by atoms with Gasteiger partial charge in [0.1, 0.15) is 5.75 Å². The van der Waals surface area contributed by atoms with Gasteiger partial charge in [0.25, 0.3) is 0 Å². The van der Waals surface area contributed by atoms with Crippen molar-refractivity contribution in [2.45, 2.75) is 19.9 Å². The molecule has 0 amide bonds. The predicted octanol–water partition coefficient (Wildman–Crippen LogP) is 2.86. The van der Waals surface area contributed by atoms with E-state index >= 15 is 0 Å². The molecule has 0 unspecified atom stereocenters. The summed E-state index contributed by atoms with van der Waals surface area (Å²) in [6.07, 6.45) is 0.983. The molecular weight excluding hydrogens is 238 g/mol. The van der Waals surface area contributed by atoms with E-state index in [1.54, 1.807) is 7.11 Å². The molecule has 1 N–H and O–H groups in total. The van der Waals surface area contributed by atoms with Gasteiger partial charge in [-0.25, -0.2) is 0 Å². The van der Waals surface area contributed by atoms with E-state index in [9.17, 15) is 0 Å². The van der Waals surface area contributed by atoms with Crippen molar-refractivity contribution < 1.29 is 9.47 Å². The average molecular weight is 258 g/mol. The summed E-state index contributed by atoms with van der Waals surface area (Å²) in [5.41, 5.74) is 1.15. The number of halogens is 1. The largest absolute Gasteiger partial charge is 0.492 e. The van der Waals surface area contributed by atoms with Gasteiger partial charge >= 0.3 is 0 Å². The maximum atomic E-state index is 6.13. The van der Waals surface area contributed by atoms with E-state index in [-0.39, 0.29) is 0 Å². The van der Waals surface area contributed by atoms with E-state index in [1.807, 2.05) is 18.2 Å². The van der Waals surface area contributed by atoms with Crippen molar-refractivity contribution in [2.75, 3.05) is 26.9 Å². The summed E-state index contributed by atoms with van der Waals surface area (Å²) in [7, 11) is 1.69. The Balaban J connectivity index is 2.44. The van der Waals surface area contributed by atoms with Crippen LogP contribution in [0.4, 0.5) is 0 Å². The Hall–Kier alpha value is -0.770. The smallest absolute Gasteiger partial charge is 0.137 e. The van der Waals surface area contributed by atoms with Gasteiger partial charge in [-0.3, -0.25) is 0 Å². The van der Waals surface area contributed by atoms with Crippen LogP contribution in [-0.4, -0.2) is 26.9 Å². The minimum Gasteiger partial charge on any atom is -0.492 e. The first-order valence-corrected chi connectivity index (χ1v) is 6.26. The van der Waals surface area contributed by atoms with Gasteiger partial charge in [-0.05, 0) is 24.1 Å². The number of nitrogens with one attached hydrogen (secondary N) is 1. The number of ether oxygens (including phenoxy) is 2. The molecule has 0 heterocycles. The molecule has 0 aliphatic rings. The summed E-state index contributed by atoms with van der Waals surface area (Å²) >= 11 is 6.13. The van der Waals surface area contributed by atoms with Crippen LogP contribution < -0.4 is 10.1 Å². The third kappa shape index (κ3) is 5.39. The van der Waals surface area contributed by atoms with E-state index in [0.29, 0.717) is 18.2 Å². The zero-order valence-corrected chi connectivity index (χ0v) is 11.2. The first-order valence-electron chi connectivity index (χ1n) is 5.88. The molecule has 0 saturated heterocycles. The summed E-state index contributed by atoms with van der Waals surface area (Å²) < 4.78 is 10.5. The summed E-state index contributed by atoms with van der Waals surface area (Å²) in [6, 6.07) is 5.88. The Morgan fingerprint density at radius 2 is 2.12 bits per heavy atom. The number of hydrogen-bond donors (Lipinski definition) is 1. The van der Waals surface area contributed by atoms with E-state index in [1.165, 1.54) is 0 Å². The van der Waals surface area contributed by atoms with Crippen LogP contribution in [0.25, 0.3) is 0 Å². The van der Waals surface area contributed by atoms with Crippen molar-refractivity contribution >= 4 is 11.6 Å². The van der Waals surface area contributed by atoms with Crippen LogP contribution in [0.3, 0.4) is 0 Å². The van der Waals surface area contributed by atoms with Crippen LogP contribution >= 0.6 is 11.6 Å². The second-order valence-corrected chi connectivity index (χ2v) is 4.19. The molecule has 1 aromatic rings. The minimum absolute atomic E-state index is 0.671. The highest BCUT2D eigenvalue weighted by molar-refractivity contribution is 6.32. The van der Waals surface area contributed by atoms with Crippen molar-refractivity contribution in [2.24, 2.45) is 0 Å². The number of methoxy groups -OCH3 is 1. The van der Waals surface area contributed by atoms with Crippen molar-refractivity contribution in [1.82, 2.24) is 5.32 Å². The molecule has 0 aromatic heterocycles. The lowest BCUT2D eigenvalue weighted by atomic mass is 10.2. The van der Waals surface area contributed by atoms with Crippen LogP contribution in [-0.2, 0) is 11.3 Å². The first kappa shape index (κ1) is 14.3. The van der Waals surface area contributed by atoms with Crippen LogP contribution in [0.1, 0.15) is 18.9 Å². The molecule has 0 saturated carbocycles. The minimum atomic E-state index is 0.671. The van der Waals surface area contributed by atoms with Gasteiger partial charge in [-0.2, -0.15) is 0 Å².